The van der Waals surface area contributed by atoms with Crippen molar-refractivity contribution in [3.8, 4) is 0 Å². The third-order valence-corrected chi connectivity index (χ3v) is 2.33. The topological polar surface area (TPSA) is 88.2 Å². The summed E-state index contributed by atoms with van der Waals surface area (Å²) in [6.45, 7) is -0.775. The molecule has 100 valence electrons. The number of sulfonamides is 1. The largest absolute Gasteiger partial charge is 0.346 e. The molecule has 1 rings (SSSR count). The maximum absolute atomic E-state index is 11.9. The van der Waals surface area contributed by atoms with Crippen LogP contribution in [0, 0.1) is 0 Å². The standard InChI is InChI=1S/C9H11F2N3O3S/c1-18(16,17)14-7-2-6(3-12-4-7)9(15)13-5-8(10)11/h2-4,8,14H,5H2,1H3,(H,13,15). The molecule has 0 spiro atoms. The van der Waals surface area contributed by atoms with Gasteiger partial charge in [-0.1, -0.05) is 0 Å². The summed E-state index contributed by atoms with van der Waals surface area (Å²) >= 11 is 0. The van der Waals surface area contributed by atoms with Crippen molar-refractivity contribution in [3.63, 3.8) is 0 Å². The molecule has 0 unspecified atom stereocenters. The van der Waals surface area contributed by atoms with E-state index in [1.807, 2.05) is 5.32 Å². The highest BCUT2D eigenvalue weighted by molar-refractivity contribution is 7.92. The number of anilines is 1. The van der Waals surface area contributed by atoms with Gasteiger partial charge in [0, 0.05) is 6.20 Å². The average molecular weight is 279 g/mol. The Kier molecular flexibility index (Phi) is 4.54. The number of carbonyl (C=O) groups excluding carboxylic acids is 1. The van der Waals surface area contributed by atoms with Gasteiger partial charge in [0.05, 0.1) is 30.2 Å². The molecule has 6 nitrogen and oxygen atoms in total. The predicted octanol–water partition coefficient (Wildman–Crippen LogP) is 0.448. The number of halogens is 2. The van der Waals surface area contributed by atoms with Gasteiger partial charge in [-0.15, -0.1) is 0 Å². The fourth-order valence-electron chi connectivity index (χ4n) is 1.11. The number of nitrogens with one attached hydrogen (secondary N) is 2. The minimum atomic E-state index is -3.49. The van der Waals surface area contributed by atoms with Crippen LogP contribution in [0.25, 0.3) is 0 Å². The first-order valence-electron chi connectivity index (χ1n) is 4.77. The normalized spacial score (nSPS) is 11.3. The molecule has 0 aliphatic rings. The van der Waals surface area contributed by atoms with E-state index in [1.54, 1.807) is 0 Å². The Labute approximate surface area is 102 Å². The Bertz CT molecular complexity index is 534. The van der Waals surface area contributed by atoms with E-state index >= 15 is 0 Å². The van der Waals surface area contributed by atoms with Crippen LogP contribution < -0.4 is 10.0 Å². The first kappa shape index (κ1) is 14.3. The van der Waals surface area contributed by atoms with Crippen LogP contribution in [0.1, 0.15) is 10.4 Å². The Morgan fingerprint density at radius 2 is 2.11 bits per heavy atom. The minimum Gasteiger partial charge on any atom is -0.346 e. The molecule has 1 aromatic rings. The zero-order valence-corrected chi connectivity index (χ0v) is 10.2. The summed E-state index contributed by atoms with van der Waals surface area (Å²) in [5.74, 6) is -0.750. The highest BCUT2D eigenvalue weighted by atomic mass is 32.2. The summed E-state index contributed by atoms with van der Waals surface area (Å²) in [5, 5.41) is 1.98. The summed E-state index contributed by atoms with van der Waals surface area (Å²) in [6, 6.07) is 1.20. The maximum Gasteiger partial charge on any atom is 0.255 e. The van der Waals surface area contributed by atoms with Crippen LogP contribution in [0.2, 0.25) is 0 Å². The lowest BCUT2D eigenvalue weighted by Gasteiger charge is -2.06. The van der Waals surface area contributed by atoms with Gasteiger partial charge in [-0.25, -0.2) is 17.2 Å². The van der Waals surface area contributed by atoms with Gasteiger partial charge in [-0.3, -0.25) is 14.5 Å². The van der Waals surface area contributed by atoms with Crippen molar-refractivity contribution in [2.75, 3.05) is 17.5 Å². The van der Waals surface area contributed by atoms with Crippen molar-refractivity contribution in [2.24, 2.45) is 0 Å². The van der Waals surface area contributed by atoms with Crippen molar-refractivity contribution >= 4 is 21.6 Å². The van der Waals surface area contributed by atoms with Gasteiger partial charge >= 0.3 is 0 Å². The van der Waals surface area contributed by atoms with Crippen LogP contribution in [-0.2, 0) is 10.0 Å². The molecular weight excluding hydrogens is 268 g/mol. The van der Waals surface area contributed by atoms with Gasteiger partial charge in [-0.2, -0.15) is 0 Å². The summed E-state index contributed by atoms with van der Waals surface area (Å²) in [7, 11) is -3.49. The molecule has 1 amide bonds. The second-order valence-corrected chi connectivity index (χ2v) is 5.19. The van der Waals surface area contributed by atoms with Crippen molar-refractivity contribution in [1.82, 2.24) is 10.3 Å². The predicted molar refractivity (Wildman–Crippen MR) is 61.0 cm³/mol. The van der Waals surface area contributed by atoms with Crippen molar-refractivity contribution in [3.05, 3.63) is 24.0 Å². The monoisotopic (exact) mass is 279 g/mol. The highest BCUT2D eigenvalue weighted by Crippen LogP contribution is 2.09. The highest BCUT2D eigenvalue weighted by Gasteiger charge is 2.11. The molecule has 0 aliphatic carbocycles. The lowest BCUT2D eigenvalue weighted by Crippen LogP contribution is -2.28. The molecule has 0 saturated carbocycles. The number of nitrogens with zero attached hydrogens (tertiary/aromatic N) is 1. The molecule has 0 aromatic carbocycles. The van der Waals surface area contributed by atoms with Gasteiger partial charge < -0.3 is 5.32 Å². The van der Waals surface area contributed by atoms with E-state index in [0.717, 1.165) is 12.5 Å². The van der Waals surface area contributed by atoms with Crippen molar-refractivity contribution in [2.45, 2.75) is 6.43 Å². The first-order valence-corrected chi connectivity index (χ1v) is 6.66. The lowest BCUT2D eigenvalue weighted by atomic mass is 10.2. The molecule has 9 heteroatoms. The van der Waals surface area contributed by atoms with Crippen LogP contribution in [-0.4, -0.2) is 38.5 Å². The maximum atomic E-state index is 11.9. The number of rotatable bonds is 5. The van der Waals surface area contributed by atoms with E-state index in [-0.39, 0.29) is 11.3 Å². The van der Waals surface area contributed by atoms with E-state index in [2.05, 4.69) is 9.71 Å². The van der Waals surface area contributed by atoms with Crippen LogP contribution in [0.15, 0.2) is 18.5 Å². The first-order chi connectivity index (χ1) is 8.28. The molecule has 2 N–H and O–H groups in total. The number of pyridine rings is 1. The SMILES string of the molecule is CS(=O)(=O)Nc1cncc(C(=O)NCC(F)F)c1. The van der Waals surface area contributed by atoms with Crippen molar-refractivity contribution in [1.29, 1.82) is 0 Å². The van der Waals surface area contributed by atoms with Gasteiger partial charge in [0.15, 0.2) is 0 Å². The fraction of sp³-hybridized carbons (Fsp3) is 0.333. The van der Waals surface area contributed by atoms with Gasteiger partial charge in [0.1, 0.15) is 0 Å². The Balaban J connectivity index is 2.79. The van der Waals surface area contributed by atoms with Crippen LogP contribution in [0.5, 0.6) is 0 Å². The van der Waals surface area contributed by atoms with E-state index in [0.29, 0.717) is 0 Å². The summed E-state index contributed by atoms with van der Waals surface area (Å²) in [5.41, 5.74) is 0.0755. The number of amides is 1. The number of hydrogen-bond donors (Lipinski definition) is 2. The van der Waals surface area contributed by atoms with Crippen LogP contribution in [0.4, 0.5) is 14.5 Å². The second kappa shape index (κ2) is 5.71. The molecule has 0 fully saturated rings. The molecule has 1 heterocycles. The Hall–Kier alpha value is -1.77. The van der Waals surface area contributed by atoms with Gasteiger partial charge in [0.25, 0.3) is 12.3 Å². The second-order valence-electron chi connectivity index (χ2n) is 3.44. The van der Waals surface area contributed by atoms with Crippen molar-refractivity contribution < 1.29 is 22.0 Å². The molecule has 1 aromatic heterocycles. The molecule has 0 aliphatic heterocycles. The van der Waals surface area contributed by atoms with E-state index < -0.39 is 28.9 Å². The van der Waals surface area contributed by atoms with Crippen LogP contribution >= 0.6 is 0 Å². The average Bonchev–Trinajstić information content (AvgIpc) is 2.23. The van der Waals surface area contributed by atoms with Gasteiger partial charge in [-0.05, 0) is 6.07 Å². The lowest BCUT2D eigenvalue weighted by molar-refractivity contribution is 0.0891. The zero-order chi connectivity index (χ0) is 13.8. The van der Waals surface area contributed by atoms with E-state index in [1.165, 1.54) is 12.3 Å². The zero-order valence-electron chi connectivity index (χ0n) is 9.35. The molecule has 18 heavy (non-hydrogen) atoms. The number of carbonyl (C=O) groups is 1. The smallest absolute Gasteiger partial charge is 0.255 e. The molecule has 0 atom stereocenters. The number of alkyl halides is 2. The number of hydrogen-bond acceptors (Lipinski definition) is 4. The number of aromatic nitrogens is 1. The third-order valence-electron chi connectivity index (χ3n) is 1.72. The quantitative estimate of drug-likeness (QED) is 0.819. The Morgan fingerprint density at radius 1 is 1.44 bits per heavy atom. The molecule has 0 bridgehead atoms. The minimum absolute atomic E-state index is 0.00991. The Morgan fingerprint density at radius 3 is 2.67 bits per heavy atom. The summed E-state index contributed by atoms with van der Waals surface area (Å²) in [6.07, 6.45) is 0.634. The fourth-order valence-corrected chi connectivity index (χ4v) is 1.65. The summed E-state index contributed by atoms with van der Waals surface area (Å²) in [4.78, 5) is 15.0. The summed E-state index contributed by atoms with van der Waals surface area (Å²) < 4.78 is 47.8. The molecular formula is C9H11F2N3O3S. The van der Waals surface area contributed by atoms with Gasteiger partial charge in [0.2, 0.25) is 10.0 Å². The molecule has 0 radical (unpaired) electrons. The molecule has 0 saturated heterocycles. The van der Waals surface area contributed by atoms with E-state index in [4.69, 9.17) is 0 Å². The third kappa shape index (κ3) is 5.04. The van der Waals surface area contributed by atoms with Crippen LogP contribution in [0.3, 0.4) is 0 Å². The van der Waals surface area contributed by atoms with E-state index in [9.17, 15) is 22.0 Å².